The van der Waals surface area contributed by atoms with Gasteiger partial charge in [-0.25, -0.2) is 9.59 Å². The molecular weight excluding hydrogens is 320 g/mol. The third-order valence-electron chi connectivity index (χ3n) is 3.74. The maximum absolute atomic E-state index is 11.9. The van der Waals surface area contributed by atoms with Crippen molar-refractivity contribution >= 4 is 5.97 Å². The number of carbonyl (C=O) groups excluding carboxylic acids is 1. The first-order valence-corrected chi connectivity index (χ1v) is 8.73. The predicted octanol–water partition coefficient (Wildman–Crippen LogP) is 4.60. The summed E-state index contributed by atoms with van der Waals surface area (Å²) in [6.45, 7) is 2.90. The van der Waals surface area contributed by atoms with E-state index in [4.69, 9.17) is 9.47 Å². The molecule has 2 rings (SSSR count). The number of carbonyl (C=O) groups is 1. The van der Waals surface area contributed by atoms with Crippen LogP contribution in [0, 0.1) is 0 Å². The molecule has 0 atom stereocenters. The second-order valence-corrected chi connectivity index (χ2v) is 5.82. The van der Waals surface area contributed by atoms with Gasteiger partial charge in [-0.2, -0.15) is 0 Å². The van der Waals surface area contributed by atoms with Gasteiger partial charge in [-0.3, -0.25) is 0 Å². The van der Waals surface area contributed by atoms with E-state index in [1.165, 1.54) is 44.2 Å². The molecule has 2 aromatic rings. The monoisotopic (exact) mass is 344 g/mol. The summed E-state index contributed by atoms with van der Waals surface area (Å²) < 4.78 is 15.5. The minimum atomic E-state index is -0.579. The van der Waals surface area contributed by atoms with Crippen molar-refractivity contribution in [3.63, 3.8) is 0 Å². The fourth-order valence-electron chi connectivity index (χ4n) is 2.32. The highest BCUT2D eigenvalue weighted by Gasteiger charge is 2.09. The molecule has 0 spiro atoms. The molecule has 0 bridgehead atoms. The van der Waals surface area contributed by atoms with Gasteiger partial charge in [-0.1, -0.05) is 39.0 Å². The predicted molar refractivity (Wildman–Crippen MR) is 95.2 cm³/mol. The number of ether oxygens (including phenoxy) is 2. The molecule has 0 N–H and O–H groups in total. The Balaban J connectivity index is 1.73. The van der Waals surface area contributed by atoms with E-state index in [9.17, 15) is 9.59 Å². The van der Waals surface area contributed by atoms with Gasteiger partial charge in [0.25, 0.3) is 0 Å². The van der Waals surface area contributed by atoms with Crippen LogP contribution in [0.1, 0.15) is 55.8 Å². The second-order valence-electron chi connectivity index (χ2n) is 5.82. The van der Waals surface area contributed by atoms with E-state index < -0.39 is 11.6 Å². The zero-order valence-corrected chi connectivity index (χ0v) is 14.5. The molecule has 0 aliphatic carbocycles. The van der Waals surface area contributed by atoms with E-state index in [0.29, 0.717) is 12.4 Å². The maximum atomic E-state index is 11.9. The summed E-state index contributed by atoms with van der Waals surface area (Å²) >= 11 is 0. The first kappa shape index (κ1) is 18.8. The topological polar surface area (TPSA) is 65.7 Å². The van der Waals surface area contributed by atoms with Crippen LogP contribution in [0.2, 0.25) is 0 Å². The van der Waals surface area contributed by atoms with E-state index in [-0.39, 0.29) is 5.56 Å². The van der Waals surface area contributed by atoms with E-state index in [1.54, 1.807) is 24.3 Å². The van der Waals surface area contributed by atoms with Crippen LogP contribution < -0.4 is 15.1 Å². The lowest BCUT2D eigenvalue weighted by Crippen LogP contribution is -2.10. The van der Waals surface area contributed by atoms with Gasteiger partial charge in [0, 0.05) is 6.07 Å². The van der Waals surface area contributed by atoms with Crippen molar-refractivity contribution in [3.8, 4) is 11.5 Å². The summed E-state index contributed by atoms with van der Waals surface area (Å²) in [6.07, 6.45) is 8.42. The summed E-state index contributed by atoms with van der Waals surface area (Å²) in [6, 6.07) is 9.43. The van der Waals surface area contributed by atoms with Gasteiger partial charge >= 0.3 is 11.6 Å². The average Bonchev–Trinajstić information content (AvgIpc) is 2.63. The Hall–Kier alpha value is -2.56. The zero-order chi connectivity index (χ0) is 17.9. The third-order valence-corrected chi connectivity index (χ3v) is 3.74. The molecule has 0 radical (unpaired) electrons. The molecule has 5 heteroatoms. The minimum absolute atomic E-state index is 0.183. The van der Waals surface area contributed by atoms with Crippen LogP contribution >= 0.6 is 0 Å². The lowest BCUT2D eigenvalue weighted by molar-refractivity contribution is 0.0731. The quantitative estimate of drug-likeness (QED) is 0.358. The van der Waals surface area contributed by atoms with Gasteiger partial charge in [-0.05, 0) is 36.8 Å². The lowest BCUT2D eigenvalue weighted by Gasteiger charge is -2.08. The third kappa shape index (κ3) is 6.83. The first-order valence-electron chi connectivity index (χ1n) is 8.73. The summed E-state index contributed by atoms with van der Waals surface area (Å²) in [5.41, 5.74) is -0.327. The van der Waals surface area contributed by atoms with Crippen molar-refractivity contribution in [1.29, 1.82) is 0 Å². The van der Waals surface area contributed by atoms with Crippen molar-refractivity contribution in [2.24, 2.45) is 0 Å². The molecule has 0 aliphatic heterocycles. The Labute approximate surface area is 147 Å². The SMILES string of the molecule is CCCCCCCCOc1ccc(OC(=O)c2ccc(=O)oc2)cc1. The molecule has 0 aliphatic rings. The summed E-state index contributed by atoms with van der Waals surface area (Å²) in [5, 5.41) is 0. The molecule has 5 nitrogen and oxygen atoms in total. The highest BCUT2D eigenvalue weighted by atomic mass is 16.5. The van der Waals surface area contributed by atoms with Crippen LogP contribution in [0.15, 0.2) is 51.9 Å². The van der Waals surface area contributed by atoms with E-state index in [1.807, 2.05) is 0 Å². The van der Waals surface area contributed by atoms with E-state index in [0.717, 1.165) is 18.4 Å². The molecule has 1 aromatic carbocycles. The van der Waals surface area contributed by atoms with Crippen molar-refractivity contribution < 1.29 is 18.7 Å². The van der Waals surface area contributed by atoms with Crippen LogP contribution in [0.4, 0.5) is 0 Å². The van der Waals surface area contributed by atoms with Gasteiger partial charge in [0.1, 0.15) is 17.8 Å². The molecule has 134 valence electrons. The Kier molecular flexibility index (Phi) is 7.76. The molecule has 0 fully saturated rings. The fourth-order valence-corrected chi connectivity index (χ4v) is 2.32. The van der Waals surface area contributed by atoms with Crippen molar-refractivity contribution in [2.45, 2.75) is 45.4 Å². The van der Waals surface area contributed by atoms with Gasteiger partial charge in [0.05, 0.1) is 12.2 Å². The molecule has 0 saturated heterocycles. The summed E-state index contributed by atoms with van der Waals surface area (Å²) in [4.78, 5) is 22.8. The summed E-state index contributed by atoms with van der Waals surface area (Å²) in [5.74, 6) is 0.576. The standard InChI is InChI=1S/C20H24O5/c1-2-3-4-5-6-7-14-23-17-9-11-18(12-10-17)25-20(22)16-8-13-19(21)24-15-16/h8-13,15H,2-7,14H2,1H3. The molecular formula is C20H24O5. The normalized spacial score (nSPS) is 10.4. The minimum Gasteiger partial charge on any atom is -0.494 e. The molecule has 1 aromatic heterocycles. The highest BCUT2D eigenvalue weighted by molar-refractivity contribution is 5.90. The Bertz CT molecular complexity index is 682. The van der Waals surface area contributed by atoms with Crippen LogP contribution in [0.25, 0.3) is 0 Å². The van der Waals surface area contributed by atoms with Gasteiger partial charge in [0.15, 0.2) is 0 Å². The fraction of sp³-hybridized carbons (Fsp3) is 0.400. The molecule has 0 saturated carbocycles. The maximum Gasteiger partial charge on any atom is 0.346 e. The highest BCUT2D eigenvalue weighted by Crippen LogP contribution is 2.19. The van der Waals surface area contributed by atoms with Crippen LogP contribution in [-0.2, 0) is 0 Å². The zero-order valence-electron chi connectivity index (χ0n) is 14.5. The largest absolute Gasteiger partial charge is 0.494 e. The van der Waals surface area contributed by atoms with Gasteiger partial charge in [0.2, 0.25) is 0 Å². The Morgan fingerprint density at radius 3 is 2.28 bits per heavy atom. The molecule has 25 heavy (non-hydrogen) atoms. The first-order chi connectivity index (χ1) is 12.2. The smallest absolute Gasteiger partial charge is 0.346 e. The molecule has 0 unspecified atom stereocenters. The van der Waals surface area contributed by atoms with Crippen LogP contribution in [-0.4, -0.2) is 12.6 Å². The van der Waals surface area contributed by atoms with Crippen molar-refractivity contribution in [3.05, 3.63) is 58.6 Å². The lowest BCUT2D eigenvalue weighted by atomic mass is 10.1. The van der Waals surface area contributed by atoms with Gasteiger partial charge in [-0.15, -0.1) is 0 Å². The number of hydrogen-bond donors (Lipinski definition) is 0. The second kappa shape index (κ2) is 10.3. The number of esters is 1. The molecule has 1 heterocycles. The molecule has 0 amide bonds. The van der Waals surface area contributed by atoms with E-state index >= 15 is 0 Å². The number of hydrogen-bond acceptors (Lipinski definition) is 5. The van der Waals surface area contributed by atoms with Crippen LogP contribution in [0.5, 0.6) is 11.5 Å². The van der Waals surface area contributed by atoms with Crippen molar-refractivity contribution in [1.82, 2.24) is 0 Å². The number of unbranched alkanes of at least 4 members (excludes halogenated alkanes) is 5. The van der Waals surface area contributed by atoms with Gasteiger partial charge < -0.3 is 13.9 Å². The summed E-state index contributed by atoms with van der Waals surface area (Å²) in [7, 11) is 0. The average molecular weight is 344 g/mol. The number of benzene rings is 1. The Morgan fingerprint density at radius 2 is 1.60 bits per heavy atom. The Morgan fingerprint density at radius 1 is 0.920 bits per heavy atom. The number of rotatable bonds is 10. The van der Waals surface area contributed by atoms with Crippen molar-refractivity contribution in [2.75, 3.05) is 6.61 Å². The van der Waals surface area contributed by atoms with E-state index in [2.05, 4.69) is 11.3 Å². The van der Waals surface area contributed by atoms with Crippen LogP contribution in [0.3, 0.4) is 0 Å².